The Hall–Kier alpha value is -1.30. The minimum Gasteiger partial charge on any atom is -0.496 e. The van der Waals surface area contributed by atoms with Gasteiger partial charge in [-0.25, -0.2) is 0 Å². The number of benzene rings is 1. The number of amides is 1. The smallest absolute Gasteiger partial charge is 0.257 e. The molecule has 0 atom stereocenters. The Balaban J connectivity index is 1.73. The van der Waals surface area contributed by atoms with E-state index in [9.17, 15) is 4.79 Å². The summed E-state index contributed by atoms with van der Waals surface area (Å²) in [6, 6.07) is 5.07. The van der Waals surface area contributed by atoms with Crippen molar-refractivity contribution in [1.29, 1.82) is 0 Å². The Morgan fingerprint density at radius 2 is 1.95 bits per heavy atom. The quantitative estimate of drug-likeness (QED) is 0.841. The molecule has 1 aromatic carbocycles. The largest absolute Gasteiger partial charge is 0.496 e. The zero-order chi connectivity index (χ0) is 14.9. The highest BCUT2D eigenvalue weighted by Crippen LogP contribution is 2.32. The van der Waals surface area contributed by atoms with Gasteiger partial charge in [-0.3, -0.25) is 4.79 Å². The van der Waals surface area contributed by atoms with Gasteiger partial charge in [0, 0.05) is 31.0 Å². The monoisotopic (exact) mass is 311 g/mol. The molecule has 2 saturated heterocycles. The van der Waals surface area contributed by atoms with Gasteiger partial charge in [-0.15, -0.1) is 0 Å². The maximum Gasteiger partial charge on any atom is 0.257 e. The lowest BCUT2D eigenvalue weighted by Crippen LogP contribution is -2.47. The highest BCUT2D eigenvalue weighted by atomic mass is 35.5. The van der Waals surface area contributed by atoms with Crippen molar-refractivity contribution < 1.29 is 19.0 Å². The maximum absolute atomic E-state index is 12.6. The molecule has 2 aliphatic heterocycles. The number of carbonyl (C=O) groups is 1. The number of piperidine rings is 1. The van der Waals surface area contributed by atoms with Crippen LogP contribution < -0.4 is 4.74 Å². The number of nitrogens with zero attached hydrogens (tertiary/aromatic N) is 1. The van der Waals surface area contributed by atoms with Crippen LogP contribution in [0.4, 0.5) is 0 Å². The van der Waals surface area contributed by atoms with Gasteiger partial charge in [0.15, 0.2) is 5.79 Å². The fraction of sp³-hybridized carbons (Fsp3) is 0.533. The van der Waals surface area contributed by atoms with E-state index in [1.807, 2.05) is 0 Å². The first kappa shape index (κ1) is 14.6. The maximum atomic E-state index is 12.6. The molecule has 0 aromatic heterocycles. The molecule has 3 rings (SSSR count). The number of halogens is 1. The highest BCUT2D eigenvalue weighted by molar-refractivity contribution is 6.31. The number of carbonyl (C=O) groups excluding carboxylic acids is 1. The van der Waals surface area contributed by atoms with E-state index in [4.69, 9.17) is 25.8 Å². The first-order valence-corrected chi connectivity index (χ1v) is 7.42. The second-order valence-corrected chi connectivity index (χ2v) is 5.68. The Bertz CT molecular complexity index is 532. The number of likely N-dealkylation sites (tertiary alicyclic amines) is 1. The molecule has 2 fully saturated rings. The molecule has 114 valence electrons. The van der Waals surface area contributed by atoms with Crippen LogP contribution in [0.3, 0.4) is 0 Å². The van der Waals surface area contributed by atoms with Crippen LogP contribution in [0, 0.1) is 0 Å². The first-order chi connectivity index (χ1) is 10.1. The molecule has 1 aromatic rings. The minimum atomic E-state index is -0.477. The summed E-state index contributed by atoms with van der Waals surface area (Å²) in [4.78, 5) is 14.4. The minimum absolute atomic E-state index is 0.0674. The van der Waals surface area contributed by atoms with Crippen LogP contribution in [-0.2, 0) is 9.47 Å². The van der Waals surface area contributed by atoms with Crippen molar-refractivity contribution >= 4 is 17.5 Å². The predicted molar refractivity (Wildman–Crippen MR) is 77.8 cm³/mol. The molecule has 0 bridgehead atoms. The molecule has 5 nitrogen and oxygen atoms in total. The highest BCUT2D eigenvalue weighted by Gasteiger charge is 2.41. The van der Waals surface area contributed by atoms with Crippen molar-refractivity contribution in [1.82, 2.24) is 4.90 Å². The average molecular weight is 312 g/mol. The number of methoxy groups -OCH3 is 1. The lowest BCUT2D eigenvalue weighted by atomic mass is 10.0. The molecule has 1 spiro atoms. The molecule has 1 amide bonds. The molecule has 0 aliphatic carbocycles. The third kappa shape index (κ3) is 2.86. The SMILES string of the molecule is COc1ccc(Cl)cc1C(=O)N1CCC2(CC1)OCCO2. The lowest BCUT2D eigenvalue weighted by molar-refractivity contribution is -0.181. The third-order valence-electron chi connectivity index (χ3n) is 4.02. The standard InChI is InChI=1S/C15H18ClNO4/c1-19-13-3-2-11(16)10-12(13)14(18)17-6-4-15(5-7-17)20-8-9-21-15/h2-3,10H,4-9H2,1H3. The lowest BCUT2D eigenvalue weighted by Gasteiger charge is -2.37. The number of hydrogen-bond donors (Lipinski definition) is 0. The molecule has 0 saturated carbocycles. The summed E-state index contributed by atoms with van der Waals surface area (Å²) in [5.74, 6) is -0.00453. The average Bonchev–Trinajstić information content (AvgIpc) is 2.95. The zero-order valence-corrected chi connectivity index (χ0v) is 12.7. The van der Waals surface area contributed by atoms with Gasteiger partial charge in [-0.1, -0.05) is 11.6 Å². The summed E-state index contributed by atoms with van der Waals surface area (Å²) >= 11 is 5.99. The molecule has 6 heteroatoms. The second kappa shape index (κ2) is 5.83. The molecule has 2 aliphatic rings. The van der Waals surface area contributed by atoms with E-state index >= 15 is 0 Å². The van der Waals surface area contributed by atoms with Crippen LogP contribution >= 0.6 is 11.6 Å². The van der Waals surface area contributed by atoms with E-state index in [2.05, 4.69) is 0 Å². The van der Waals surface area contributed by atoms with Crippen molar-refractivity contribution in [3.05, 3.63) is 28.8 Å². The molecular weight excluding hydrogens is 294 g/mol. The third-order valence-corrected chi connectivity index (χ3v) is 4.25. The van der Waals surface area contributed by atoms with Crippen LogP contribution in [0.5, 0.6) is 5.75 Å². The molecule has 0 radical (unpaired) electrons. The zero-order valence-electron chi connectivity index (χ0n) is 11.9. The summed E-state index contributed by atoms with van der Waals surface area (Å²) in [5.41, 5.74) is 0.495. The summed E-state index contributed by atoms with van der Waals surface area (Å²) in [6.07, 6.45) is 1.39. The topological polar surface area (TPSA) is 48.0 Å². The van der Waals surface area contributed by atoms with Gasteiger partial charge in [0.05, 0.1) is 25.9 Å². The van der Waals surface area contributed by atoms with Crippen LogP contribution in [0.2, 0.25) is 5.02 Å². The van der Waals surface area contributed by atoms with Crippen molar-refractivity contribution in [2.45, 2.75) is 18.6 Å². The van der Waals surface area contributed by atoms with Gasteiger partial charge in [0.25, 0.3) is 5.91 Å². The van der Waals surface area contributed by atoms with Gasteiger partial charge in [-0.2, -0.15) is 0 Å². The Labute approximate surface area is 128 Å². The van der Waals surface area contributed by atoms with Crippen LogP contribution in [0.15, 0.2) is 18.2 Å². The van der Waals surface area contributed by atoms with Gasteiger partial charge < -0.3 is 19.1 Å². The van der Waals surface area contributed by atoms with Gasteiger partial charge in [-0.05, 0) is 18.2 Å². The predicted octanol–water partition coefficient (Wildman–Crippen LogP) is 2.33. The fourth-order valence-corrected chi connectivity index (χ4v) is 3.03. The molecule has 0 N–H and O–H groups in total. The molecule has 21 heavy (non-hydrogen) atoms. The molecule has 2 heterocycles. The second-order valence-electron chi connectivity index (χ2n) is 5.24. The van der Waals surface area contributed by atoms with Crippen LogP contribution in [0.1, 0.15) is 23.2 Å². The van der Waals surface area contributed by atoms with E-state index in [-0.39, 0.29) is 5.91 Å². The summed E-state index contributed by atoms with van der Waals surface area (Å²) < 4.78 is 16.6. The van der Waals surface area contributed by atoms with Gasteiger partial charge in [0.1, 0.15) is 5.75 Å². The summed E-state index contributed by atoms with van der Waals surface area (Å²) in [6.45, 7) is 2.48. The van der Waals surface area contributed by atoms with Gasteiger partial charge >= 0.3 is 0 Å². The van der Waals surface area contributed by atoms with Crippen molar-refractivity contribution in [2.75, 3.05) is 33.4 Å². The van der Waals surface area contributed by atoms with Crippen LogP contribution in [0.25, 0.3) is 0 Å². The molecular formula is C15H18ClNO4. The van der Waals surface area contributed by atoms with E-state index in [0.29, 0.717) is 55.5 Å². The van der Waals surface area contributed by atoms with E-state index in [0.717, 1.165) is 0 Å². The Kier molecular flexibility index (Phi) is 4.06. The Morgan fingerprint density at radius 1 is 1.29 bits per heavy atom. The Morgan fingerprint density at radius 3 is 2.57 bits per heavy atom. The van der Waals surface area contributed by atoms with Crippen molar-refractivity contribution in [3.63, 3.8) is 0 Å². The first-order valence-electron chi connectivity index (χ1n) is 7.04. The van der Waals surface area contributed by atoms with Gasteiger partial charge in [0.2, 0.25) is 0 Å². The van der Waals surface area contributed by atoms with Crippen molar-refractivity contribution in [2.24, 2.45) is 0 Å². The number of ether oxygens (including phenoxy) is 3. The molecule has 0 unspecified atom stereocenters. The van der Waals surface area contributed by atoms with Crippen LogP contribution in [-0.4, -0.2) is 50.0 Å². The summed E-state index contributed by atoms with van der Waals surface area (Å²) in [7, 11) is 1.55. The van der Waals surface area contributed by atoms with E-state index in [1.165, 1.54) is 0 Å². The summed E-state index contributed by atoms with van der Waals surface area (Å²) in [5, 5.41) is 0.523. The normalized spacial score (nSPS) is 20.8. The number of rotatable bonds is 2. The number of hydrogen-bond acceptors (Lipinski definition) is 4. The van der Waals surface area contributed by atoms with Crippen molar-refractivity contribution in [3.8, 4) is 5.75 Å². The fourth-order valence-electron chi connectivity index (χ4n) is 2.85. The van der Waals surface area contributed by atoms with E-state index in [1.54, 1.807) is 30.2 Å². The van der Waals surface area contributed by atoms with E-state index < -0.39 is 5.79 Å².